The van der Waals surface area contributed by atoms with Gasteiger partial charge in [-0.15, -0.1) is 0 Å². The molecule has 0 radical (unpaired) electrons. The molecule has 0 fully saturated rings. The molecule has 0 spiro atoms. The molecule has 1 aromatic carbocycles. The first-order valence-corrected chi connectivity index (χ1v) is 8.13. The topological polar surface area (TPSA) is 53.2 Å². The molecule has 0 bridgehead atoms. The van der Waals surface area contributed by atoms with Gasteiger partial charge in [0.1, 0.15) is 13.1 Å². The summed E-state index contributed by atoms with van der Waals surface area (Å²) in [6, 6.07) is 9.87. The molecule has 142 valence electrons. The SMILES string of the molecule is COC(=O)Cn1c(C)c(-c2ccc(=O)n(CC(F)(F)F)c2)c2ccccc21. The predicted molar refractivity (Wildman–Crippen MR) is 94.4 cm³/mol. The lowest BCUT2D eigenvalue weighted by atomic mass is 10.0. The van der Waals surface area contributed by atoms with Crippen molar-refractivity contribution in [2.24, 2.45) is 0 Å². The van der Waals surface area contributed by atoms with Gasteiger partial charge in [-0.05, 0) is 19.1 Å². The minimum absolute atomic E-state index is 0.0228. The van der Waals surface area contributed by atoms with E-state index in [1.165, 1.54) is 19.4 Å². The molecule has 27 heavy (non-hydrogen) atoms. The van der Waals surface area contributed by atoms with Gasteiger partial charge in [0, 0.05) is 40.0 Å². The van der Waals surface area contributed by atoms with E-state index in [-0.39, 0.29) is 6.54 Å². The average molecular weight is 378 g/mol. The number of benzene rings is 1. The van der Waals surface area contributed by atoms with Crippen LogP contribution in [0.15, 0.2) is 47.4 Å². The van der Waals surface area contributed by atoms with E-state index in [0.29, 0.717) is 21.4 Å². The maximum absolute atomic E-state index is 12.8. The molecular formula is C19H17F3N2O3. The summed E-state index contributed by atoms with van der Waals surface area (Å²) in [7, 11) is 1.29. The van der Waals surface area contributed by atoms with Crippen LogP contribution in [-0.4, -0.2) is 28.4 Å². The summed E-state index contributed by atoms with van der Waals surface area (Å²) in [6.07, 6.45) is -3.30. The van der Waals surface area contributed by atoms with Crippen LogP contribution in [0.1, 0.15) is 5.69 Å². The van der Waals surface area contributed by atoms with Gasteiger partial charge >= 0.3 is 12.1 Å². The van der Waals surface area contributed by atoms with Crippen molar-refractivity contribution in [2.45, 2.75) is 26.2 Å². The maximum atomic E-state index is 12.8. The number of rotatable bonds is 4. The number of esters is 1. The highest BCUT2D eigenvalue weighted by Gasteiger charge is 2.28. The van der Waals surface area contributed by atoms with Crippen LogP contribution in [0.3, 0.4) is 0 Å². The van der Waals surface area contributed by atoms with Crippen molar-refractivity contribution in [3.05, 3.63) is 58.6 Å². The molecule has 2 aromatic heterocycles. The number of alkyl halides is 3. The Hall–Kier alpha value is -3.03. The second kappa shape index (κ2) is 6.94. The molecule has 0 aliphatic carbocycles. The van der Waals surface area contributed by atoms with Crippen LogP contribution in [0.2, 0.25) is 0 Å². The first-order valence-electron chi connectivity index (χ1n) is 8.13. The van der Waals surface area contributed by atoms with Gasteiger partial charge in [0.25, 0.3) is 5.56 Å². The molecule has 0 saturated heterocycles. The fourth-order valence-electron chi connectivity index (χ4n) is 3.19. The Labute approximate surface area is 152 Å². The summed E-state index contributed by atoms with van der Waals surface area (Å²) in [5.41, 5.74) is 1.86. The van der Waals surface area contributed by atoms with Gasteiger partial charge in [-0.25, -0.2) is 0 Å². The van der Waals surface area contributed by atoms with E-state index in [0.717, 1.165) is 17.0 Å². The third-order valence-electron chi connectivity index (χ3n) is 4.37. The third-order valence-corrected chi connectivity index (χ3v) is 4.37. The summed E-state index contributed by atoms with van der Waals surface area (Å²) in [6.45, 7) is 0.391. The van der Waals surface area contributed by atoms with Crippen molar-refractivity contribution in [3.8, 4) is 11.1 Å². The number of ether oxygens (including phenoxy) is 1. The van der Waals surface area contributed by atoms with Crippen molar-refractivity contribution < 1.29 is 22.7 Å². The highest BCUT2D eigenvalue weighted by Crippen LogP contribution is 2.34. The summed E-state index contributed by atoms with van der Waals surface area (Å²) in [5.74, 6) is -0.438. The average Bonchev–Trinajstić information content (AvgIpc) is 2.88. The van der Waals surface area contributed by atoms with Gasteiger partial charge in [-0.1, -0.05) is 18.2 Å². The monoisotopic (exact) mass is 378 g/mol. The minimum Gasteiger partial charge on any atom is -0.468 e. The van der Waals surface area contributed by atoms with Gasteiger partial charge in [-0.3, -0.25) is 9.59 Å². The number of carbonyl (C=O) groups excluding carboxylic acids is 1. The summed E-state index contributed by atoms with van der Waals surface area (Å²) < 4.78 is 45.4. The lowest BCUT2D eigenvalue weighted by Gasteiger charge is -2.11. The van der Waals surface area contributed by atoms with Crippen molar-refractivity contribution >= 4 is 16.9 Å². The Bertz CT molecular complexity index is 1060. The van der Waals surface area contributed by atoms with Crippen molar-refractivity contribution in [1.82, 2.24) is 9.13 Å². The number of carbonyl (C=O) groups is 1. The maximum Gasteiger partial charge on any atom is 0.406 e. The van der Waals surface area contributed by atoms with Gasteiger partial charge in [0.15, 0.2) is 0 Å². The number of pyridine rings is 1. The van der Waals surface area contributed by atoms with Crippen LogP contribution in [-0.2, 0) is 22.6 Å². The molecule has 0 atom stereocenters. The lowest BCUT2D eigenvalue weighted by molar-refractivity contribution is -0.142. The Morgan fingerprint density at radius 2 is 1.85 bits per heavy atom. The number of fused-ring (bicyclic) bond motifs is 1. The number of hydrogen-bond acceptors (Lipinski definition) is 3. The zero-order valence-corrected chi connectivity index (χ0v) is 14.7. The highest BCUT2D eigenvalue weighted by molar-refractivity contribution is 5.98. The Morgan fingerprint density at radius 3 is 2.52 bits per heavy atom. The Balaban J connectivity index is 2.20. The molecule has 3 rings (SSSR count). The van der Waals surface area contributed by atoms with E-state index in [9.17, 15) is 22.8 Å². The van der Waals surface area contributed by atoms with E-state index in [4.69, 9.17) is 4.74 Å². The molecular weight excluding hydrogens is 361 g/mol. The van der Waals surface area contributed by atoms with Crippen LogP contribution in [0.4, 0.5) is 13.2 Å². The molecule has 0 aliphatic heterocycles. The molecule has 3 aromatic rings. The minimum atomic E-state index is -4.50. The van der Waals surface area contributed by atoms with E-state index < -0.39 is 24.2 Å². The molecule has 5 nitrogen and oxygen atoms in total. The fourth-order valence-corrected chi connectivity index (χ4v) is 3.19. The van der Waals surface area contributed by atoms with Gasteiger partial charge in [0.2, 0.25) is 0 Å². The van der Waals surface area contributed by atoms with Crippen LogP contribution >= 0.6 is 0 Å². The largest absolute Gasteiger partial charge is 0.468 e. The van der Waals surface area contributed by atoms with Gasteiger partial charge in [-0.2, -0.15) is 13.2 Å². The van der Waals surface area contributed by atoms with E-state index in [1.54, 1.807) is 17.6 Å². The number of para-hydroxylation sites is 1. The molecule has 0 amide bonds. The third kappa shape index (κ3) is 3.74. The zero-order chi connectivity index (χ0) is 19.8. The van der Waals surface area contributed by atoms with Gasteiger partial charge < -0.3 is 13.9 Å². The normalized spacial score (nSPS) is 11.7. The smallest absolute Gasteiger partial charge is 0.406 e. The molecule has 2 heterocycles. The zero-order valence-electron chi connectivity index (χ0n) is 14.7. The number of nitrogens with zero attached hydrogens (tertiary/aromatic N) is 2. The van der Waals surface area contributed by atoms with E-state index in [1.807, 2.05) is 18.2 Å². The first kappa shape index (κ1) is 18.8. The van der Waals surface area contributed by atoms with Crippen molar-refractivity contribution in [3.63, 3.8) is 0 Å². The molecule has 0 saturated carbocycles. The standard InChI is InChI=1S/C19H17F3N2O3/c1-12-18(13-7-8-16(25)23(9-13)11-19(20,21)22)14-5-3-4-6-15(14)24(12)10-17(26)27-2/h3-9H,10-11H2,1-2H3. The van der Waals surface area contributed by atoms with Crippen LogP contribution < -0.4 is 5.56 Å². The van der Waals surface area contributed by atoms with Crippen molar-refractivity contribution in [2.75, 3.05) is 7.11 Å². The van der Waals surface area contributed by atoms with Crippen LogP contribution in [0, 0.1) is 6.92 Å². The van der Waals surface area contributed by atoms with Crippen molar-refractivity contribution in [1.29, 1.82) is 0 Å². The molecule has 0 unspecified atom stereocenters. The number of aromatic nitrogens is 2. The van der Waals surface area contributed by atoms with Gasteiger partial charge in [0.05, 0.1) is 7.11 Å². The van der Waals surface area contributed by atoms with E-state index >= 15 is 0 Å². The highest BCUT2D eigenvalue weighted by atomic mass is 19.4. The number of methoxy groups -OCH3 is 1. The summed E-state index contributed by atoms with van der Waals surface area (Å²) in [4.78, 5) is 23.6. The quantitative estimate of drug-likeness (QED) is 0.653. The fraction of sp³-hybridized carbons (Fsp3) is 0.263. The second-order valence-electron chi connectivity index (χ2n) is 6.14. The van der Waals surface area contributed by atoms with Crippen LogP contribution in [0.25, 0.3) is 22.0 Å². The second-order valence-corrected chi connectivity index (χ2v) is 6.14. The summed E-state index contributed by atoms with van der Waals surface area (Å²) >= 11 is 0. The van der Waals surface area contributed by atoms with E-state index in [2.05, 4.69) is 0 Å². The number of hydrogen-bond donors (Lipinski definition) is 0. The van der Waals surface area contributed by atoms with Crippen LogP contribution in [0.5, 0.6) is 0 Å². The molecule has 8 heteroatoms. The predicted octanol–water partition coefficient (Wildman–Crippen LogP) is 3.51. The molecule has 0 aliphatic rings. The lowest BCUT2D eigenvalue weighted by Crippen LogP contribution is -2.27. The summed E-state index contributed by atoms with van der Waals surface area (Å²) in [5, 5.41) is 0.774. The first-order chi connectivity index (χ1) is 12.7. The Morgan fingerprint density at radius 1 is 1.15 bits per heavy atom. The number of halogens is 3. The Kier molecular flexibility index (Phi) is 4.82. The molecule has 0 N–H and O–H groups in total.